The molecule has 2 heterocycles. The zero-order valence-corrected chi connectivity index (χ0v) is 12.1. The van der Waals surface area contributed by atoms with Crippen molar-refractivity contribution in [1.29, 1.82) is 0 Å². The fourth-order valence-corrected chi connectivity index (χ4v) is 2.90. The second-order valence-electron chi connectivity index (χ2n) is 5.39. The van der Waals surface area contributed by atoms with Gasteiger partial charge in [-0.25, -0.2) is 9.50 Å². The lowest BCUT2D eigenvalue weighted by atomic mass is 10.2. The number of carbonyl (C=O) groups excluding carboxylic acids is 1. The number of aliphatic hydroxyl groups is 1. The Bertz CT molecular complexity index is 648. The molecule has 1 aliphatic carbocycles. The Labute approximate surface area is 122 Å². The van der Waals surface area contributed by atoms with Crippen LogP contribution < -0.4 is 0 Å². The van der Waals surface area contributed by atoms with Crippen molar-refractivity contribution in [1.82, 2.24) is 24.5 Å². The van der Waals surface area contributed by atoms with Crippen LogP contribution in [0.15, 0.2) is 12.3 Å². The van der Waals surface area contributed by atoms with Gasteiger partial charge < -0.3 is 10.0 Å². The van der Waals surface area contributed by atoms with Crippen LogP contribution in [0.25, 0.3) is 5.78 Å². The van der Waals surface area contributed by atoms with Gasteiger partial charge in [0.15, 0.2) is 0 Å². The highest BCUT2D eigenvalue weighted by Crippen LogP contribution is 2.24. The second kappa shape index (κ2) is 5.77. The summed E-state index contributed by atoms with van der Waals surface area (Å²) in [5.74, 6) is 0.353. The molecule has 1 saturated carbocycles. The van der Waals surface area contributed by atoms with Crippen LogP contribution in [0.2, 0.25) is 0 Å². The monoisotopic (exact) mass is 289 g/mol. The first-order valence-electron chi connectivity index (χ1n) is 7.31. The van der Waals surface area contributed by atoms with E-state index in [0.717, 1.165) is 31.4 Å². The third kappa shape index (κ3) is 2.61. The summed E-state index contributed by atoms with van der Waals surface area (Å²) in [6, 6.07) is 2.00. The highest BCUT2D eigenvalue weighted by atomic mass is 16.3. The Hall–Kier alpha value is -2.02. The average molecular weight is 289 g/mol. The molecular formula is C14H19N5O2. The van der Waals surface area contributed by atoms with Crippen molar-refractivity contribution in [3.05, 3.63) is 23.8 Å². The molecule has 0 aliphatic heterocycles. The molecule has 0 bridgehead atoms. The van der Waals surface area contributed by atoms with Crippen LogP contribution in [0.4, 0.5) is 0 Å². The normalized spacial score (nSPS) is 15.7. The summed E-state index contributed by atoms with van der Waals surface area (Å²) in [5, 5.41) is 13.5. The van der Waals surface area contributed by atoms with Crippen molar-refractivity contribution in [3.63, 3.8) is 0 Å². The summed E-state index contributed by atoms with van der Waals surface area (Å²) < 4.78 is 1.57. The molecule has 1 amide bonds. The molecule has 0 saturated heterocycles. The summed E-state index contributed by atoms with van der Waals surface area (Å²) in [4.78, 5) is 22.7. The molecule has 0 unspecified atom stereocenters. The van der Waals surface area contributed by atoms with Crippen LogP contribution in [-0.2, 0) is 0 Å². The number of carbonyl (C=O) groups is 1. The number of nitrogens with zero attached hydrogens (tertiary/aromatic N) is 5. The molecule has 21 heavy (non-hydrogen) atoms. The third-order valence-electron chi connectivity index (χ3n) is 3.99. The van der Waals surface area contributed by atoms with Crippen LogP contribution in [-0.4, -0.2) is 54.7 Å². The molecule has 7 heteroatoms. The van der Waals surface area contributed by atoms with Gasteiger partial charge in [0.25, 0.3) is 11.7 Å². The average Bonchev–Trinajstić information content (AvgIpc) is 3.13. The van der Waals surface area contributed by atoms with Crippen LogP contribution in [0.3, 0.4) is 0 Å². The standard InChI is InChI=1S/C14H19N5O2/c1-10-6-7-15-14-16-12(17-19(10)14)13(21)18(8-9-20)11-4-2-3-5-11/h6-7,11,20H,2-5,8-9H2,1H3. The summed E-state index contributed by atoms with van der Waals surface area (Å²) in [7, 11) is 0. The molecule has 0 spiro atoms. The van der Waals surface area contributed by atoms with Gasteiger partial charge in [-0.3, -0.25) is 4.79 Å². The number of rotatable bonds is 4. The lowest BCUT2D eigenvalue weighted by Crippen LogP contribution is -2.41. The summed E-state index contributed by atoms with van der Waals surface area (Å²) in [6.45, 7) is 2.17. The Kier molecular flexibility index (Phi) is 3.83. The topological polar surface area (TPSA) is 83.6 Å². The fraction of sp³-hybridized carbons (Fsp3) is 0.571. The molecular weight excluding hydrogens is 270 g/mol. The number of aromatic nitrogens is 4. The molecule has 2 aromatic heterocycles. The van der Waals surface area contributed by atoms with E-state index in [-0.39, 0.29) is 24.4 Å². The minimum Gasteiger partial charge on any atom is -0.395 e. The summed E-state index contributed by atoms with van der Waals surface area (Å²) >= 11 is 0. The molecule has 112 valence electrons. The second-order valence-corrected chi connectivity index (χ2v) is 5.39. The Balaban J connectivity index is 1.91. The first-order chi connectivity index (χ1) is 10.2. The minimum atomic E-state index is -0.221. The van der Waals surface area contributed by atoms with Gasteiger partial charge in [0.2, 0.25) is 5.82 Å². The van der Waals surface area contributed by atoms with Crippen molar-refractivity contribution in [2.75, 3.05) is 13.2 Å². The zero-order chi connectivity index (χ0) is 14.8. The van der Waals surface area contributed by atoms with Gasteiger partial charge in [0.1, 0.15) is 0 Å². The number of amides is 1. The van der Waals surface area contributed by atoms with E-state index in [2.05, 4.69) is 15.1 Å². The highest BCUT2D eigenvalue weighted by Gasteiger charge is 2.29. The molecule has 0 atom stereocenters. The smallest absolute Gasteiger partial charge is 0.293 e. The van der Waals surface area contributed by atoms with E-state index >= 15 is 0 Å². The molecule has 7 nitrogen and oxygen atoms in total. The van der Waals surface area contributed by atoms with Gasteiger partial charge in [-0.15, -0.1) is 5.10 Å². The van der Waals surface area contributed by atoms with Crippen molar-refractivity contribution >= 4 is 11.7 Å². The highest BCUT2D eigenvalue weighted by molar-refractivity contribution is 5.91. The molecule has 1 N–H and O–H groups in total. The van der Waals surface area contributed by atoms with Gasteiger partial charge >= 0.3 is 0 Å². The van der Waals surface area contributed by atoms with E-state index < -0.39 is 0 Å². The summed E-state index contributed by atoms with van der Waals surface area (Å²) in [6.07, 6.45) is 5.86. The SMILES string of the molecule is Cc1ccnc2nc(C(=O)N(CCO)C3CCCC3)nn12. The number of hydrogen-bond donors (Lipinski definition) is 1. The molecule has 0 radical (unpaired) electrons. The molecule has 2 aromatic rings. The van der Waals surface area contributed by atoms with E-state index in [1.165, 1.54) is 0 Å². The van der Waals surface area contributed by atoms with Crippen molar-refractivity contribution in [2.45, 2.75) is 38.6 Å². The van der Waals surface area contributed by atoms with Gasteiger partial charge in [-0.1, -0.05) is 12.8 Å². The molecule has 1 aliphatic rings. The lowest BCUT2D eigenvalue weighted by molar-refractivity contribution is 0.0626. The van der Waals surface area contributed by atoms with Gasteiger partial charge in [-0.05, 0) is 25.8 Å². The van der Waals surface area contributed by atoms with E-state index in [4.69, 9.17) is 0 Å². The van der Waals surface area contributed by atoms with E-state index in [1.54, 1.807) is 15.6 Å². The van der Waals surface area contributed by atoms with Crippen LogP contribution in [0, 0.1) is 6.92 Å². The van der Waals surface area contributed by atoms with Gasteiger partial charge in [0, 0.05) is 24.5 Å². The zero-order valence-electron chi connectivity index (χ0n) is 12.1. The number of aliphatic hydroxyl groups excluding tert-OH is 1. The maximum Gasteiger partial charge on any atom is 0.293 e. The van der Waals surface area contributed by atoms with Crippen molar-refractivity contribution in [2.24, 2.45) is 0 Å². The minimum absolute atomic E-state index is 0.0487. The number of fused-ring (bicyclic) bond motifs is 1. The number of hydrogen-bond acceptors (Lipinski definition) is 5. The Morgan fingerprint density at radius 2 is 2.24 bits per heavy atom. The van der Waals surface area contributed by atoms with E-state index in [1.807, 2.05) is 13.0 Å². The third-order valence-corrected chi connectivity index (χ3v) is 3.99. The van der Waals surface area contributed by atoms with Gasteiger partial charge in [0.05, 0.1) is 6.61 Å². The van der Waals surface area contributed by atoms with Crippen LogP contribution in [0.1, 0.15) is 42.0 Å². The Morgan fingerprint density at radius 1 is 1.48 bits per heavy atom. The maximum atomic E-state index is 12.7. The molecule has 3 rings (SSSR count). The number of aryl methyl sites for hydroxylation is 1. The van der Waals surface area contributed by atoms with E-state index in [9.17, 15) is 9.90 Å². The van der Waals surface area contributed by atoms with Gasteiger partial charge in [-0.2, -0.15) is 4.98 Å². The van der Waals surface area contributed by atoms with Crippen LogP contribution in [0.5, 0.6) is 0 Å². The molecule has 0 aromatic carbocycles. The first kappa shape index (κ1) is 13.9. The van der Waals surface area contributed by atoms with Crippen molar-refractivity contribution < 1.29 is 9.90 Å². The van der Waals surface area contributed by atoms with Crippen molar-refractivity contribution in [3.8, 4) is 0 Å². The first-order valence-corrected chi connectivity index (χ1v) is 7.31. The Morgan fingerprint density at radius 3 is 2.90 bits per heavy atom. The maximum absolute atomic E-state index is 12.7. The fourth-order valence-electron chi connectivity index (χ4n) is 2.90. The predicted molar refractivity (Wildman–Crippen MR) is 75.9 cm³/mol. The lowest BCUT2D eigenvalue weighted by Gasteiger charge is -2.27. The predicted octanol–water partition coefficient (Wildman–Crippen LogP) is 0.810. The quantitative estimate of drug-likeness (QED) is 0.900. The van der Waals surface area contributed by atoms with Crippen LogP contribution >= 0.6 is 0 Å². The largest absolute Gasteiger partial charge is 0.395 e. The molecule has 1 fully saturated rings. The summed E-state index contributed by atoms with van der Waals surface area (Å²) in [5.41, 5.74) is 0.876. The van der Waals surface area contributed by atoms with E-state index in [0.29, 0.717) is 12.3 Å².